The van der Waals surface area contributed by atoms with Gasteiger partial charge in [-0.15, -0.1) is 11.8 Å². The van der Waals surface area contributed by atoms with Crippen molar-refractivity contribution in [3.63, 3.8) is 0 Å². The summed E-state index contributed by atoms with van der Waals surface area (Å²) in [4.78, 5) is 25.6. The van der Waals surface area contributed by atoms with Crippen LogP contribution in [0.4, 0.5) is 0 Å². The Bertz CT molecular complexity index is 599. The van der Waals surface area contributed by atoms with Gasteiger partial charge < -0.3 is 15.1 Å². The van der Waals surface area contributed by atoms with Crippen LogP contribution in [0.5, 0.6) is 5.75 Å². The van der Waals surface area contributed by atoms with Gasteiger partial charge in [0.25, 0.3) is 5.91 Å². The van der Waals surface area contributed by atoms with Crippen LogP contribution < -0.4 is 0 Å². The van der Waals surface area contributed by atoms with E-state index >= 15 is 0 Å². The molecule has 112 valence electrons. The van der Waals surface area contributed by atoms with Gasteiger partial charge in [0, 0.05) is 5.75 Å². The Hall–Kier alpha value is -1.69. The van der Waals surface area contributed by atoms with E-state index in [-0.39, 0.29) is 22.6 Å². The summed E-state index contributed by atoms with van der Waals surface area (Å²) in [6.45, 7) is 1.83. The third-order valence-electron chi connectivity index (χ3n) is 3.96. The summed E-state index contributed by atoms with van der Waals surface area (Å²) < 4.78 is 0. The highest BCUT2D eigenvalue weighted by Crippen LogP contribution is 2.46. The molecule has 0 aromatic heterocycles. The van der Waals surface area contributed by atoms with Crippen molar-refractivity contribution in [2.24, 2.45) is 5.92 Å². The number of aromatic hydroxyl groups is 1. The van der Waals surface area contributed by atoms with Crippen molar-refractivity contribution < 1.29 is 19.8 Å². The molecule has 2 unspecified atom stereocenters. The SMILES string of the molecule is Cc1ccc(C(=O)N2C(C(=O)O)CSC2C2CC2)c(O)c1. The molecule has 3 rings (SSSR count). The van der Waals surface area contributed by atoms with Gasteiger partial charge in [-0.1, -0.05) is 6.07 Å². The molecule has 1 aromatic rings. The highest BCUT2D eigenvalue weighted by molar-refractivity contribution is 8.00. The molecule has 6 heteroatoms. The summed E-state index contributed by atoms with van der Waals surface area (Å²) in [5.74, 6) is -0.659. The van der Waals surface area contributed by atoms with Gasteiger partial charge in [0.2, 0.25) is 0 Å². The molecule has 1 saturated heterocycles. The van der Waals surface area contributed by atoms with Crippen LogP contribution >= 0.6 is 11.8 Å². The largest absolute Gasteiger partial charge is 0.507 e. The number of carboxylic acids is 1. The second kappa shape index (κ2) is 5.26. The van der Waals surface area contributed by atoms with Gasteiger partial charge in [0.15, 0.2) is 0 Å². The molecule has 21 heavy (non-hydrogen) atoms. The first kappa shape index (κ1) is 14.3. The van der Waals surface area contributed by atoms with Crippen molar-refractivity contribution >= 4 is 23.6 Å². The number of phenols is 1. The summed E-state index contributed by atoms with van der Waals surface area (Å²) >= 11 is 1.53. The van der Waals surface area contributed by atoms with Gasteiger partial charge >= 0.3 is 5.97 Å². The number of thioether (sulfide) groups is 1. The lowest BCUT2D eigenvalue weighted by atomic mass is 10.1. The van der Waals surface area contributed by atoms with E-state index in [2.05, 4.69) is 0 Å². The normalized spacial score (nSPS) is 25.1. The standard InChI is InChI=1S/C15H17NO4S/c1-8-2-5-10(12(17)6-8)13(18)16-11(15(19)20)7-21-14(16)9-3-4-9/h2,5-6,9,11,14,17H,3-4,7H2,1H3,(H,19,20). The van der Waals surface area contributed by atoms with Gasteiger partial charge in [-0.25, -0.2) is 4.79 Å². The molecule has 0 spiro atoms. The lowest BCUT2D eigenvalue weighted by Crippen LogP contribution is -2.46. The van der Waals surface area contributed by atoms with E-state index in [1.807, 2.05) is 6.92 Å². The Morgan fingerprint density at radius 2 is 2.05 bits per heavy atom. The predicted molar refractivity (Wildman–Crippen MR) is 79.4 cm³/mol. The van der Waals surface area contributed by atoms with Crippen LogP contribution in [0, 0.1) is 12.8 Å². The molecular weight excluding hydrogens is 290 g/mol. The smallest absolute Gasteiger partial charge is 0.327 e. The van der Waals surface area contributed by atoms with E-state index in [9.17, 15) is 19.8 Å². The third-order valence-corrected chi connectivity index (χ3v) is 5.43. The van der Waals surface area contributed by atoms with Crippen LogP contribution in [0.3, 0.4) is 0 Å². The molecule has 0 bridgehead atoms. The van der Waals surface area contributed by atoms with Crippen LogP contribution in [0.15, 0.2) is 18.2 Å². The van der Waals surface area contributed by atoms with Crippen molar-refractivity contribution in [3.8, 4) is 5.75 Å². The zero-order valence-corrected chi connectivity index (χ0v) is 12.5. The topological polar surface area (TPSA) is 77.8 Å². The van der Waals surface area contributed by atoms with E-state index < -0.39 is 12.0 Å². The highest BCUT2D eigenvalue weighted by Gasteiger charge is 2.48. The van der Waals surface area contributed by atoms with Crippen molar-refractivity contribution in [1.82, 2.24) is 4.90 Å². The highest BCUT2D eigenvalue weighted by atomic mass is 32.2. The number of carbonyl (C=O) groups excluding carboxylic acids is 1. The monoisotopic (exact) mass is 307 g/mol. The number of phenolic OH excluding ortho intramolecular Hbond substituents is 1. The minimum absolute atomic E-state index is 0.0840. The average Bonchev–Trinajstić information content (AvgIpc) is 3.16. The minimum atomic E-state index is -0.981. The second-order valence-corrected chi connectivity index (χ2v) is 6.80. The van der Waals surface area contributed by atoms with Crippen molar-refractivity contribution in [2.75, 3.05) is 5.75 Å². The number of aryl methyl sites for hydroxylation is 1. The van der Waals surface area contributed by atoms with Crippen molar-refractivity contribution in [2.45, 2.75) is 31.2 Å². The molecule has 1 aliphatic heterocycles. The number of carboxylic acid groups (broad SMARTS) is 1. The molecule has 0 radical (unpaired) electrons. The van der Waals surface area contributed by atoms with Crippen LogP contribution in [0.25, 0.3) is 0 Å². The van der Waals surface area contributed by atoms with Crippen LogP contribution in [-0.2, 0) is 4.79 Å². The molecule has 1 heterocycles. The van der Waals surface area contributed by atoms with Crippen LogP contribution in [0.2, 0.25) is 0 Å². The molecule has 2 atom stereocenters. The average molecular weight is 307 g/mol. The summed E-state index contributed by atoms with van der Waals surface area (Å²) in [6, 6.07) is 4.03. The van der Waals surface area contributed by atoms with Crippen molar-refractivity contribution in [3.05, 3.63) is 29.3 Å². The van der Waals surface area contributed by atoms with E-state index in [4.69, 9.17) is 0 Å². The summed E-state index contributed by atoms with van der Waals surface area (Å²) in [6.07, 6.45) is 2.07. The number of rotatable bonds is 3. The quantitative estimate of drug-likeness (QED) is 0.894. The predicted octanol–water partition coefficient (Wildman–Crippen LogP) is 2.08. The summed E-state index contributed by atoms with van der Waals surface area (Å²) in [7, 11) is 0. The molecule has 5 nitrogen and oxygen atoms in total. The maximum absolute atomic E-state index is 12.7. The number of benzene rings is 1. The Labute approximate surface area is 126 Å². The van der Waals surface area contributed by atoms with Crippen molar-refractivity contribution in [1.29, 1.82) is 0 Å². The van der Waals surface area contributed by atoms with Gasteiger partial charge in [0.05, 0.1) is 10.9 Å². The molecule has 1 aromatic carbocycles. The summed E-state index contributed by atoms with van der Waals surface area (Å²) in [5.41, 5.74) is 1.04. The first-order valence-electron chi connectivity index (χ1n) is 6.95. The third kappa shape index (κ3) is 2.60. The Morgan fingerprint density at radius 1 is 1.33 bits per heavy atom. The van der Waals surface area contributed by atoms with E-state index in [1.165, 1.54) is 22.7 Å². The lowest BCUT2D eigenvalue weighted by Gasteiger charge is -2.27. The molecule has 2 aliphatic rings. The molecule has 1 aliphatic carbocycles. The maximum atomic E-state index is 12.7. The van der Waals surface area contributed by atoms with Gasteiger partial charge in [-0.05, 0) is 43.4 Å². The van der Waals surface area contributed by atoms with Gasteiger partial charge in [-0.3, -0.25) is 4.79 Å². The fraction of sp³-hybridized carbons (Fsp3) is 0.467. The zero-order chi connectivity index (χ0) is 15.1. The fourth-order valence-corrected chi connectivity index (χ4v) is 4.31. The Balaban J connectivity index is 1.93. The number of hydrogen-bond donors (Lipinski definition) is 2. The lowest BCUT2D eigenvalue weighted by molar-refractivity contribution is -0.141. The number of hydrogen-bond acceptors (Lipinski definition) is 4. The first-order valence-corrected chi connectivity index (χ1v) is 8.00. The van der Waals surface area contributed by atoms with Gasteiger partial charge in [-0.2, -0.15) is 0 Å². The number of aliphatic carboxylic acids is 1. The Morgan fingerprint density at radius 3 is 2.62 bits per heavy atom. The second-order valence-electron chi connectivity index (χ2n) is 5.65. The molecule has 2 fully saturated rings. The summed E-state index contributed by atoms with van der Waals surface area (Å²) in [5, 5.41) is 19.2. The number of amides is 1. The molecule has 2 N–H and O–H groups in total. The first-order chi connectivity index (χ1) is 9.99. The maximum Gasteiger partial charge on any atom is 0.327 e. The van der Waals surface area contributed by atoms with Crippen LogP contribution in [0.1, 0.15) is 28.8 Å². The van der Waals surface area contributed by atoms with Crippen LogP contribution in [-0.4, -0.2) is 44.2 Å². The van der Waals surface area contributed by atoms with E-state index in [0.717, 1.165) is 18.4 Å². The minimum Gasteiger partial charge on any atom is -0.507 e. The fourth-order valence-electron chi connectivity index (χ4n) is 2.68. The van der Waals surface area contributed by atoms with E-state index in [1.54, 1.807) is 12.1 Å². The zero-order valence-electron chi connectivity index (χ0n) is 11.7. The molecular formula is C15H17NO4S. The van der Waals surface area contributed by atoms with E-state index in [0.29, 0.717) is 11.7 Å². The van der Waals surface area contributed by atoms with Gasteiger partial charge in [0.1, 0.15) is 11.8 Å². The molecule has 1 amide bonds. The molecule has 1 saturated carbocycles. The number of nitrogens with zero attached hydrogens (tertiary/aromatic N) is 1. The number of carbonyl (C=O) groups is 2. The Kier molecular flexibility index (Phi) is 3.57.